The fourth-order valence-electron chi connectivity index (χ4n) is 1.52. The quantitative estimate of drug-likeness (QED) is 0.766. The molecule has 6 nitrogen and oxygen atoms in total. The van der Waals surface area contributed by atoms with Crippen molar-refractivity contribution in [1.82, 2.24) is 4.31 Å². The van der Waals surface area contributed by atoms with E-state index in [1.54, 1.807) is 0 Å². The molecule has 0 aliphatic heterocycles. The van der Waals surface area contributed by atoms with Crippen LogP contribution in [0.5, 0.6) is 0 Å². The third-order valence-corrected chi connectivity index (χ3v) is 4.49. The molecule has 0 atom stereocenters. The van der Waals surface area contributed by atoms with Crippen molar-refractivity contribution in [2.24, 2.45) is 5.73 Å². The Kier molecular flexibility index (Phi) is 5.46. The number of ether oxygens (including phenoxy) is 1. The van der Waals surface area contributed by atoms with Crippen LogP contribution in [0.3, 0.4) is 0 Å². The van der Waals surface area contributed by atoms with E-state index in [0.717, 1.165) is 0 Å². The first-order valence-corrected chi connectivity index (χ1v) is 7.22. The average Bonchev–Trinajstić information content (AvgIpc) is 2.43. The summed E-state index contributed by atoms with van der Waals surface area (Å²) in [6.07, 6.45) is 0.576. The molecule has 1 aromatic carbocycles. The Balaban J connectivity index is 3.04. The molecule has 106 valence electrons. The number of nitrogens with zero attached hydrogens (tertiary/aromatic N) is 1. The van der Waals surface area contributed by atoms with Crippen LogP contribution in [0.1, 0.15) is 16.8 Å². The predicted octanol–water partition coefficient (Wildman–Crippen LogP) is 0.442. The molecule has 0 aliphatic rings. The summed E-state index contributed by atoms with van der Waals surface area (Å²) in [6.45, 7) is 0.753. The maximum absolute atomic E-state index is 12.2. The highest BCUT2D eigenvalue weighted by Gasteiger charge is 2.21. The molecular formula is C12H18N2O4S. The molecule has 0 aliphatic carbocycles. The van der Waals surface area contributed by atoms with Crippen molar-refractivity contribution in [2.75, 3.05) is 27.2 Å². The number of hydrogen-bond donors (Lipinski definition) is 1. The summed E-state index contributed by atoms with van der Waals surface area (Å²) in [5, 5.41) is 0. The van der Waals surface area contributed by atoms with Gasteiger partial charge in [0.2, 0.25) is 10.0 Å². The highest BCUT2D eigenvalue weighted by Crippen LogP contribution is 2.16. The number of nitrogens with two attached hydrogens (primary N) is 1. The predicted molar refractivity (Wildman–Crippen MR) is 71.3 cm³/mol. The Labute approximate surface area is 113 Å². The highest BCUT2D eigenvalue weighted by atomic mass is 32.2. The van der Waals surface area contributed by atoms with E-state index in [4.69, 9.17) is 5.73 Å². The number of sulfonamides is 1. The number of hydrogen-bond acceptors (Lipinski definition) is 5. The lowest BCUT2D eigenvalue weighted by molar-refractivity contribution is 0.0600. The SMILES string of the molecule is COC(=O)c1cccc(S(=O)(=O)N(C)CCCN)c1. The molecule has 0 radical (unpaired) electrons. The smallest absolute Gasteiger partial charge is 0.337 e. The largest absolute Gasteiger partial charge is 0.465 e. The van der Waals surface area contributed by atoms with Gasteiger partial charge in [0.15, 0.2) is 0 Å². The van der Waals surface area contributed by atoms with Gasteiger partial charge in [0.25, 0.3) is 0 Å². The molecule has 19 heavy (non-hydrogen) atoms. The summed E-state index contributed by atoms with van der Waals surface area (Å²) in [4.78, 5) is 11.5. The second kappa shape index (κ2) is 6.65. The van der Waals surface area contributed by atoms with Crippen LogP contribution in [0.2, 0.25) is 0 Å². The minimum Gasteiger partial charge on any atom is -0.465 e. The van der Waals surface area contributed by atoms with Crippen LogP contribution < -0.4 is 5.73 Å². The van der Waals surface area contributed by atoms with Gasteiger partial charge in [-0.05, 0) is 31.2 Å². The average molecular weight is 286 g/mol. The van der Waals surface area contributed by atoms with Crippen LogP contribution >= 0.6 is 0 Å². The standard InChI is InChI=1S/C12H18N2O4S/c1-14(8-4-7-13)19(16,17)11-6-3-5-10(9-11)12(15)18-2/h3,5-6,9H,4,7-8,13H2,1-2H3. The summed E-state index contributed by atoms with van der Waals surface area (Å²) in [5.41, 5.74) is 5.56. The summed E-state index contributed by atoms with van der Waals surface area (Å²) in [7, 11) is -0.877. The molecule has 7 heteroatoms. The van der Waals surface area contributed by atoms with Gasteiger partial charge < -0.3 is 10.5 Å². The number of carbonyl (C=O) groups excluding carboxylic acids is 1. The number of carbonyl (C=O) groups is 1. The van der Waals surface area contributed by atoms with Crippen molar-refractivity contribution in [3.05, 3.63) is 29.8 Å². The van der Waals surface area contributed by atoms with Gasteiger partial charge >= 0.3 is 5.97 Å². The Hall–Kier alpha value is -1.44. The van der Waals surface area contributed by atoms with Crippen LogP contribution in [0.4, 0.5) is 0 Å². The fraction of sp³-hybridized carbons (Fsp3) is 0.417. The zero-order valence-electron chi connectivity index (χ0n) is 11.0. The van der Waals surface area contributed by atoms with Crippen LogP contribution in [-0.2, 0) is 14.8 Å². The minimum absolute atomic E-state index is 0.0647. The molecule has 0 amide bonds. The van der Waals surface area contributed by atoms with Crippen LogP contribution in [0.15, 0.2) is 29.2 Å². The van der Waals surface area contributed by atoms with E-state index in [-0.39, 0.29) is 10.5 Å². The fourth-order valence-corrected chi connectivity index (χ4v) is 2.77. The van der Waals surface area contributed by atoms with Crippen molar-refractivity contribution >= 4 is 16.0 Å². The van der Waals surface area contributed by atoms with E-state index in [9.17, 15) is 13.2 Å². The number of benzene rings is 1. The van der Waals surface area contributed by atoms with Gasteiger partial charge in [-0.1, -0.05) is 6.07 Å². The minimum atomic E-state index is -3.61. The number of esters is 1. The molecule has 0 aromatic heterocycles. The molecule has 0 spiro atoms. The molecule has 0 saturated carbocycles. The van der Waals surface area contributed by atoms with Crippen LogP contribution in [0.25, 0.3) is 0 Å². The summed E-state index contributed by atoms with van der Waals surface area (Å²) < 4.78 is 30.3. The monoisotopic (exact) mass is 286 g/mol. The summed E-state index contributed by atoms with van der Waals surface area (Å²) >= 11 is 0. The lowest BCUT2D eigenvalue weighted by atomic mass is 10.2. The zero-order chi connectivity index (χ0) is 14.5. The van der Waals surface area contributed by atoms with Gasteiger partial charge in [-0.3, -0.25) is 0 Å². The molecule has 1 rings (SSSR count). The Morgan fingerprint density at radius 3 is 2.68 bits per heavy atom. The Morgan fingerprint density at radius 2 is 2.11 bits per heavy atom. The second-order valence-corrected chi connectivity index (χ2v) is 6.03. The van der Waals surface area contributed by atoms with Crippen molar-refractivity contribution in [3.63, 3.8) is 0 Å². The number of rotatable bonds is 6. The molecular weight excluding hydrogens is 268 g/mol. The first kappa shape index (κ1) is 15.6. The third-order valence-electron chi connectivity index (χ3n) is 2.64. The van der Waals surface area contributed by atoms with Crippen molar-refractivity contribution in [1.29, 1.82) is 0 Å². The lowest BCUT2D eigenvalue weighted by Crippen LogP contribution is -2.29. The zero-order valence-corrected chi connectivity index (χ0v) is 11.8. The van der Waals surface area contributed by atoms with Gasteiger partial charge in [0, 0.05) is 13.6 Å². The van der Waals surface area contributed by atoms with E-state index in [0.29, 0.717) is 19.5 Å². The van der Waals surface area contributed by atoms with E-state index in [2.05, 4.69) is 4.74 Å². The van der Waals surface area contributed by atoms with Gasteiger partial charge in [0.1, 0.15) is 0 Å². The second-order valence-electron chi connectivity index (χ2n) is 3.99. The highest BCUT2D eigenvalue weighted by molar-refractivity contribution is 7.89. The summed E-state index contributed by atoms with van der Waals surface area (Å²) in [6, 6.07) is 5.77. The van der Waals surface area contributed by atoms with Gasteiger partial charge in [0.05, 0.1) is 17.6 Å². The van der Waals surface area contributed by atoms with E-state index < -0.39 is 16.0 Å². The van der Waals surface area contributed by atoms with Gasteiger partial charge in [-0.15, -0.1) is 0 Å². The van der Waals surface area contributed by atoms with Crippen molar-refractivity contribution < 1.29 is 17.9 Å². The Bertz CT molecular complexity index is 542. The first-order valence-electron chi connectivity index (χ1n) is 5.78. The van der Waals surface area contributed by atoms with Crippen molar-refractivity contribution in [2.45, 2.75) is 11.3 Å². The van der Waals surface area contributed by atoms with Crippen LogP contribution in [-0.4, -0.2) is 45.9 Å². The molecule has 1 aromatic rings. The maximum atomic E-state index is 12.2. The van der Waals surface area contributed by atoms with Crippen molar-refractivity contribution in [3.8, 4) is 0 Å². The van der Waals surface area contributed by atoms with E-state index in [1.165, 1.54) is 42.7 Å². The molecule has 0 heterocycles. The van der Waals surface area contributed by atoms with Crippen LogP contribution in [0, 0.1) is 0 Å². The van der Waals surface area contributed by atoms with E-state index >= 15 is 0 Å². The van der Waals surface area contributed by atoms with Gasteiger partial charge in [-0.25, -0.2) is 17.5 Å². The third kappa shape index (κ3) is 3.76. The topological polar surface area (TPSA) is 89.7 Å². The lowest BCUT2D eigenvalue weighted by Gasteiger charge is -2.17. The normalized spacial score (nSPS) is 11.6. The van der Waals surface area contributed by atoms with E-state index in [1.807, 2.05) is 0 Å². The molecule has 0 bridgehead atoms. The first-order chi connectivity index (χ1) is 8.93. The summed E-state index contributed by atoms with van der Waals surface area (Å²) in [5.74, 6) is -0.568. The Morgan fingerprint density at radius 1 is 1.42 bits per heavy atom. The molecule has 0 fully saturated rings. The molecule has 0 saturated heterocycles. The number of methoxy groups -OCH3 is 1. The van der Waals surface area contributed by atoms with Gasteiger partial charge in [-0.2, -0.15) is 0 Å². The molecule has 2 N–H and O–H groups in total. The molecule has 0 unspecified atom stereocenters. The maximum Gasteiger partial charge on any atom is 0.337 e.